The summed E-state index contributed by atoms with van der Waals surface area (Å²) in [5.41, 5.74) is 0. The van der Waals surface area contributed by atoms with Crippen LogP contribution < -0.4 is 0 Å². The number of likely N-dealkylation sites (tertiary alicyclic amines) is 1. The summed E-state index contributed by atoms with van der Waals surface area (Å²) in [6, 6.07) is 0. The molecule has 0 spiro atoms. The largest absolute Gasteiger partial charge is 0.377 e. The van der Waals surface area contributed by atoms with Crippen LogP contribution in [0.5, 0.6) is 0 Å². The monoisotopic (exact) mass is 265 g/mol. The summed E-state index contributed by atoms with van der Waals surface area (Å²) in [5, 5.41) is 0. The smallest absolute Gasteiger partial charge is 0.0605 e. The number of hydrogen-bond donors (Lipinski definition) is 0. The van der Waals surface area contributed by atoms with Gasteiger partial charge in [0, 0.05) is 19.0 Å². The van der Waals surface area contributed by atoms with Gasteiger partial charge in [0.25, 0.3) is 0 Å². The Morgan fingerprint density at radius 2 is 2.12 bits per heavy atom. The predicted molar refractivity (Wildman–Crippen MR) is 73.8 cm³/mol. The van der Waals surface area contributed by atoms with E-state index in [1.807, 2.05) is 11.8 Å². The molecule has 1 aliphatic heterocycles. The molecule has 0 atom stereocenters. The first-order valence-electron chi connectivity index (χ1n) is 6.34. The van der Waals surface area contributed by atoms with Gasteiger partial charge in [0.2, 0.25) is 0 Å². The van der Waals surface area contributed by atoms with Crippen LogP contribution in [0.2, 0.25) is 0 Å². The normalized spacial score (nSPS) is 19.1. The van der Waals surface area contributed by atoms with Gasteiger partial charge in [-0.2, -0.15) is 11.8 Å². The number of hydrogen-bond acceptors (Lipinski definition) is 3. The van der Waals surface area contributed by atoms with Crippen molar-refractivity contribution in [2.45, 2.75) is 32.3 Å². The highest BCUT2D eigenvalue weighted by Crippen LogP contribution is 2.14. The molecule has 16 heavy (non-hydrogen) atoms. The Labute approximate surface area is 109 Å². The van der Waals surface area contributed by atoms with Gasteiger partial charge in [-0.15, -0.1) is 11.6 Å². The van der Waals surface area contributed by atoms with E-state index in [1.54, 1.807) is 0 Å². The first kappa shape index (κ1) is 14.6. The molecule has 0 aromatic carbocycles. The van der Waals surface area contributed by atoms with E-state index in [0.717, 1.165) is 0 Å². The van der Waals surface area contributed by atoms with Crippen molar-refractivity contribution in [2.24, 2.45) is 0 Å². The molecule has 1 heterocycles. The third kappa shape index (κ3) is 6.33. The fourth-order valence-corrected chi connectivity index (χ4v) is 2.76. The van der Waals surface area contributed by atoms with E-state index < -0.39 is 0 Å². The lowest BCUT2D eigenvalue weighted by molar-refractivity contribution is 0.0154. The van der Waals surface area contributed by atoms with E-state index in [4.69, 9.17) is 16.3 Å². The van der Waals surface area contributed by atoms with Gasteiger partial charge >= 0.3 is 0 Å². The number of alkyl halides is 1. The highest BCUT2D eigenvalue weighted by atomic mass is 35.5. The highest BCUT2D eigenvalue weighted by Gasteiger charge is 2.18. The minimum atomic E-state index is 0.458. The fraction of sp³-hybridized carbons (Fsp3) is 1.00. The Morgan fingerprint density at radius 1 is 1.38 bits per heavy atom. The van der Waals surface area contributed by atoms with E-state index in [1.165, 1.54) is 50.4 Å². The number of nitrogens with zero attached hydrogens (tertiary/aromatic N) is 1. The first-order chi connectivity index (χ1) is 7.86. The van der Waals surface area contributed by atoms with Crippen LogP contribution in [0.1, 0.15) is 26.2 Å². The van der Waals surface area contributed by atoms with Gasteiger partial charge in [-0.3, -0.25) is 0 Å². The lowest BCUT2D eigenvalue weighted by Gasteiger charge is -2.31. The Morgan fingerprint density at radius 3 is 2.75 bits per heavy atom. The van der Waals surface area contributed by atoms with Crippen molar-refractivity contribution in [2.75, 3.05) is 43.6 Å². The van der Waals surface area contributed by atoms with Gasteiger partial charge < -0.3 is 9.64 Å². The van der Waals surface area contributed by atoms with Crippen LogP contribution in [0.25, 0.3) is 0 Å². The fourth-order valence-electron chi connectivity index (χ4n) is 2.05. The number of rotatable bonds is 8. The first-order valence-corrected chi connectivity index (χ1v) is 8.03. The molecule has 96 valence electrons. The molecule has 2 nitrogen and oxygen atoms in total. The Balaban J connectivity index is 1.98. The third-order valence-corrected chi connectivity index (χ3v) is 4.07. The van der Waals surface area contributed by atoms with Gasteiger partial charge in [0.05, 0.1) is 12.7 Å². The van der Waals surface area contributed by atoms with E-state index in [-0.39, 0.29) is 0 Å². The highest BCUT2D eigenvalue weighted by molar-refractivity contribution is 7.99. The van der Waals surface area contributed by atoms with Crippen molar-refractivity contribution >= 4 is 23.4 Å². The second-order valence-electron chi connectivity index (χ2n) is 4.15. The van der Waals surface area contributed by atoms with Gasteiger partial charge in [-0.05, 0) is 37.3 Å². The zero-order valence-electron chi connectivity index (χ0n) is 10.3. The van der Waals surface area contributed by atoms with Crippen LogP contribution in [0, 0.1) is 0 Å². The summed E-state index contributed by atoms with van der Waals surface area (Å²) >= 11 is 7.65. The maximum atomic E-state index is 5.66. The van der Waals surface area contributed by atoms with Crippen molar-refractivity contribution in [1.82, 2.24) is 4.90 Å². The molecule has 0 aromatic rings. The van der Waals surface area contributed by atoms with Gasteiger partial charge in [-0.1, -0.05) is 6.92 Å². The summed E-state index contributed by atoms with van der Waals surface area (Å²) < 4.78 is 5.66. The average molecular weight is 266 g/mol. The third-order valence-electron chi connectivity index (χ3n) is 2.93. The lowest BCUT2D eigenvalue weighted by Crippen LogP contribution is -2.37. The molecule has 0 bridgehead atoms. The molecule has 0 amide bonds. The van der Waals surface area contributed by atoms with Crippen LogP contribution in [-0.4, -0.2) is 54.6 Å². The summed E-state index contributed by atoms with van der Waals surface area (Å²) in [6.45, 7) is 6.59. The molecule has 1 saturated heterocycles. The van der Waals surface area contributed by atoms with Gasteiger partial charge in [0.15, 0.2) is 0 Å². The van der Waals surface area contributed by atoms with Crippen molar-refractivity contribution in [3.8, 4) is 0 Å². The van der Waals surface area contributed by atoms with Crippen molar-refractivity contribution in [3.63, 3.8) is 0 Å². The molecule has 1 fully saturated rings. The quantitative estimate of drug-likeness (QED) is 0.495. The maximum absolute atomic E-state index is 5.66. The van der Waals surface area contributed by atoms with Gasteiger partial charge in [-0.25, -0.2) is 0 Å². The SMILES string of the molecule is CCSCCCN1CCC(OCCCl)CC1. The van der Waals surface area contributed by atoms with Crippen LogP contribution in [0.4, 0.5) is 0 Å². The van der Waals surface area contributed by atoms with E-state index >= 15 is 0 Å². The zero-order chi connectivity index (χ0) is 11.6. The summed E-state index contributed by atoms with van der Waals surface area (Å²) in [5.74, 6) is 3.17. The summed E-state index contributed by atoms with van der Waals surface area (Å²) in [6.07, 6.45) is 4.14. The van der Waals surface area contributed by atoms with Gasteiger partial charge in [0.1, 0.15) is 0 Å². The molecule has 1 aliphatic rings. The standard InChI is InChI=1S/C12H24ClNOS/c1-2-16-11-3-7-14-8-4-12(5-9-14)15-10-6-13/h12H,2-11H2,1H3. The minimum absolute atomic E-state index is 0.458. The number of thioether (sulfide) groups is 1. The molecular weight excluding hydrogens is 242 g/mol. The maximum Gasteiger partial charge on any atom is 0.0605 e. The average Bonchev–Trinajstić information content (AvgIpc) is 2.33. The molecular formula is C12H24ClNOS. The number of ether oxygens (including phenoxy) is 1. The van der Waals surface area contributed by atoms with Crippen LogP contribution >= 0.6 is 23.4 Å². The van der Waals surface area contributed by atoms with Crippen molar-refractivity contribution < 1.29 is 4.74 Å². The molecule has 0 aromatic heterocycles. The lowest BCUT2D eigenvalue weighted by atomic mass is 10.1. The molecule has 0 aliphatic carbocycles. The van der Waals surface area contributed by atoms with Crippen LogP contribution in [0.15, 0.2) is 0 Å². The van der Waals surface area contributed by atoms with Crippen molar-refractivity contribution in [1.29, 1.82) is 0 Å². The number of piperidine rings is 1. The predicted octanol–water partition coefficient (Wildman–Crippen LogP) is 2.85. The van der Waals surface area contributed by atoms with E-state index in [2.05, 4.69) is 11.8 Å². The minimum Gasteiger partial charge on any atom is -0.377 e. The van der Waals surface area contributed by atoms with E-state index in [9.17, 15) is 0 Å². The summed E-state index contributed by atoms with van der Waals surface area (Å²) in [7, 11) is 0. The number of halogens is 1. The van der Waals surface area contributed by atoms with Crippen LogP contribution in [0.3, 0.4) is 0 Å². The molecule has 0 N–H and O–H groups in total. The molecule has 4 heteroatoms. The molecule has 0 unspecified atom stereocenters. The van der Waals surface area contributed by atoms with Crippen molar-refractivity contribution in [3.05, 3.63) is 0 Å². The summed E-state index contributed by atoms with van der Waals surface area (Å²) in [4.78, 5) is 2.57. The molecule has 0 radical (unpaired) electrons. The topological polar surface area (TPSA) is 12.5 Å². The zero-order valence-corrected chi connectivity index (χ0v) is 11.9. The molecule has 1 rings (SSSR count). The second-order valence-corrected chi connectivity index (χ2v) is 5.92. The Bertz CT molecular complexity index is 163. The Hall–Kier alpha value is 0.560. The molecule has 0 saturated carbocycles. The second kappa shape index (κ2) is 9.58. The van der Waals surface area contributed by atoms with Crippen LogP contribution in [-0.2, 0) is 4.74 Å². The Kier molecular flexibility index (Phi) is 8.75. The van der Waals surface area contributed by atoms with E-state index in [0.29, 0.717) is 18.6 Å².